The number of hydrogen-bond acceptors (Lipinski definition) is 7. The number of pyridine rings is 1. The number of thiol groups is 1. The molecule has 0 aromatic carbocycles. The van der Waals surface area contributed by atoms with Gasteiger partial charge in [-0.1, -0.05) is 32.6 Å². The van der Waals surface area contributed by atoms with E-state index < -0.39 is 0 Å². The summed E-state index contributed by atoms with van der Waals surface area (Å²) in [5, 5.41) is 13.9. The second-order valence-electron chi connectivity index (χ2n) is 6.01. The number of carbonyl (C=O) groups excluding carboxylic acids is 1. The highest BCUT2D eigenvalue weighted by Crippen LogP contribution is 2.25. The van der Waals surface area contributed by atoms with Crippen LogP contribution in [0, 0.1) is 0 Å². The molecule has 3 heterocycles. The largest absolute Gasteiger partial charge is 0.391 e. The predicted octanol–water partition coefficient (Wildman–Crippen LogP) is 4.11. The molecule has 0 fully saturated rings. The third kappa shape index (κ3) is 4.94. The van der Waals surface area contributed by atoms with Crippen LogP contribution in [0.4, 0.5) is 10.6 Å². The fourth-order valence-electron chi connectivity index (χ4n) is 2.49. The van der Waals surface area contributed by atoms with Crippen molar-refractivity contribution < 1.29 is 9.90 Å². The fraction of sp³-hybridized carbons (Fsp3) is 0.333. The van der Waals surface area contributed by atoms with Crippen LogP contribution in [-0.2, 0) is 6.61 Å². The number of unbranched alkanes of at least 4 members (excludes halogenated alkanes) is 2. The van der Waals surface area contributed by atoms with E-state index in [-0.39, 0.29) is 12.6 Å². The van der Waals surface area contributed by atoms with Crippen LogP contribution in [0.25, 0.3) is 22.4 Å². The normalized spacial score (nSPS) is 10.9. The van der Waals surface area contributed by atoms with Crippen LogP contribution in [0.2, 0.25) is 0 Å². The first-order chi connectivity index (χ1) is 13.1. The lowest BCUT2D eigenvalue weighted by molar-refractivity contribution is 0.238. The number of rotatable bonds is 7. The molecular formula is C18H21N5O2S2. The van der Waals surface area contributed by atoms with Crippen LogP contribution < -0.4 is 5.32 Å². The Labute approximate surface area is 167 Å². The summed E-state index contributed by atoms with van der Waals surface area (Å²) < 4.78 is 1.35. The highest BCUT2D eigenvalue weighted by atomic mass is 32.1. The van der Waals surface area contributed by atoms with Crippen LogP contribution in [-0.4, -0.2) is 36.9 Å². The molecule has 3 rings (SSSR count). The molecule has 0 saturated carbocycles. The Morgan fingerprint density at radius 3 is 2.93 bits per heavy atom. The molecule has 27 heavy (non-hydrogen) atoms. The monoisotopic (exact) mass is 403 g/mol. The number of fused-ring (bicyclic) bond motifs is 1. The molecule has 2 N–H and O–H groups in total. The quantitative estimate of drug-likeness (QED) is 0.408. The van der Waals surface area contributed by atoms with E-state index in [2.05, 4.69) is 40.0 Å². The molecule has 142 valence electrons. The number of anilines is 1. The molecule has 7 nitrogen and oxygen atoms in total. The van der Waals surface area contributed by atoms with Gasteiger partial charge in [-0.3, -0.25) is 14.6 Å². The standard InChI is InChI=1S/C18H21N5O2S2/c1-2-3-4-7-23(26)18(25)22-16-6-5-14-17(21-16)20-15(9-19-14)12-8-13(10-24)27-11-12/h5-6,8-9,11,24,26H,2-4,7,10H2,1H3,(H,20,21,22,25). The summed E-state index contributed by atoms with van der Waals surface area (Å²) in [4.78, 5) is 26.4. The molecular weight excluding hydrogens is 382 g/mol. The number of thiophene rings is 1. The molecule has 3 aromatic rings. The van der Waals surface area contributed by atoms with Crippen molar-refractivity contribution in [3.05, 3.63) is 34.7 Å². The topological polar surface area (TPSA) is 91.2 Å². The van der Waals surface area contributed by atoms with E-state index in [1.165, 1.54) is 15.6 Å². The van der Waals surface area contributed by atoms with Crippen LogP contribution >= 0.6 is 24.2 Å². The maximum atomic E-state index is 12.2. The average Bonchev–Trinajstić information content (AvgIpc) is 3.16. The first-order valence-corrected chi connectivity index (χ1v) is 9.98. The zero-order valence-corrected chi connectivity index (χ0v) is 16.6. The van der Waals surface area contributed by atoms with E-state index >= 15 is 0 Å². The second kappa shape index (κ2) is 9.12. The predicted molar refractivity (Wildman–Crippen MR) is 111 cm³/mol. The third-order valence-electron chi connectivity index (χ3n) is 3.96. The van der Waals surface area contributed by atoms with Gasteiger partial charge < -0.3 is 5.11 Å². The molecule has 0 aliphatic rings. The number of hydrogen-bond donors (Lipinski definition) is 3. The molecule has 0 spiro atoms. The average molecular weight is 404 g/mol. The van der Waals surface area contributed by atoms with Gasteiger partial charge in [0.05, 0.1) is 18.5 Å². The first kappa shape index (κ1) is 19.5. The van der Waals surface area contributed by atoms with E-state index in [0.717, 1.165) is 29.7 Å². The van der Waals surface area contributed by atoms with Crippen molar-refractivity contribution in [2.45, 2.75) is 32.8 Å². The van der Waals surface area contributed by atoms with Gasteiger partial charge in [0.25, 0.3) is 0 Å². The van der Waals surface area contributed by atoms with Crippen LogP contribution in [0.1, 0.15) is 31.1 Å². The summed E-state index contributed by atoms with van der Waals surface area (Å²) >= 11 is 5.69. The Hall–Kier alpha value is -2.23. The Bertz CT molecular complexity index is 931. The SMILES string of the molecule is CCCCCN(S)C(=O)Nc1ccc2ncc(-c3csc(CO)c3)nc2n1. The summed E-state index contributed by atoms with van der Waals surface area (Å²) in [7, 11) is 0. The van der Waals surface area contributed by atoms with E-state index in [4.69, 9.17) is 0 Å². The summed E-state index contributed by atoms with van der Waals surface area (Å²) in [5.41, 5.74) is 2.63. The van der Waals surface area contributed by atoms with E-state index in [1.54, 1.807) is 18.3 Å². The molecule has 0 aliphatic heterocycles. The van der Waals surface area contributed by atoms with Crippen molar-refractivity contribution >= 4 is 47.2 Å². The lowest BCUT2D eigenvalue weighted by Crippen LogP contribution is -2.28. The summed E-state index contributed by atoms with van der Waals surface area (Å²) in [6.07, 6.45) is 4.72. The van der Waals surface area contributed by atoms with Gasteiger partial charge in [0.1, 0.15) is 11.3 Å². The zero-order valence-electron chi connectivity index (χ0n) is 14.9. The van der Waals surface area contributed by atoms with Gasteiger partial charge in [-0.2, -0.15) is 0 Å². The molecule has 9 heteroatoms. The van der Waals surface area contributed by atoms with Gasteiger partial charge in [-0.05, 0) is 24.6 Å². The second-order valence-corrected chi connectivity index (χ2v) is 7.49. The van der Waals surface area contributed by atoms with Crippen molar-refractivity contribution in [2.24, 2.45) is 0 Å². The molecule has 0 saturated heterocycles. The number of aliphatic hydroxyl groups is 1. The number of urea groups is 1. The van der Waals surface area contributed by atoms with E-state index in [1.807, 2.05) is 11.4 Å². The van der Waals surface area contributed by atoms with Gasteiger partial charge in [-0.25, -0.2) is 14.8 Å². The van der Waals surface area contributed by atoms with Crippen LogP contribution in [0.15, 0.2) is 29.8 Å². The molecule has 0 atom stereocenters. The minimum Gasteiger partial charge on any atom is -0.391 e. The number of carbonyl (C=O) groups is 1. The maximum absolute atomic E-state index is 12.2. The number of amides is 2. The number of nitrogens with zero attached hydrogens (tertiary/aromatic N) is 4. The smallest absolute Gasteiger partial charge is 0.332 e. The number of nitrogens with one attached hydrogen (secondary N) is 1. The summed E-state index contributed by atoms with van der Waals surface area (Å²) in [6, 6.07) is 5.01. The Morgan fingerprint density at radius 1 is 1.33 bits per heavy atom. The van der Waals surface area contributed by atoms with Crippen molar-refractivity contribution in [3.63, 3.8) is 0 Å². The minimum absolute atomic E-state index is 0.00140. The fourth-order valence-corrected chi connectivity index (χ4v) is 3.42. The van der Waals surface area contributed by atoms with Crippen molar-refractivity contribution in [3.8, 4) is 11.3 Å². The Morgan fingerprint density at radius 2 is 2.19 bits per heavy atom. The Kier molecular flexibility index (Phi) is 6.59. The van der Waals surface area contributed by atoms with Crippen molar-refractivity contribution in [1.82, 2.24) is 19.3 Å². The molecule has 3 aromatic heterocycles. The molecule has 0 bridgehead atoms. The Balaban J connectivity index is 1.76. The molecule has 0 aliphatic carbocycles. The third-order valence-corrected chi connectivity index (χ3v) is 5.26. The zero-order chi connectivity index (χ0) is 19.2. The van der Waals surface area contributed by atoms with E-state index in [9.17, 15) is 9.90 Å². The lowest BCUT2D eigenvalue weighted by atomic mass is 10.2. The van der Waals surface area contributed by atoms with E-state index in [0.29, 0.717) is 29.2 Å². The molecule has 0 unspecified atom stereocenters. The number of aliphatic hydroxyl groups excluding tert-OH is 1. The van der Waals surface area contributed by atoms with Crippen molar-refractivity contribution in [2.75, 3.05) is 11.9 Å². The lowest BCUT2D eigenvalue weighted by Gasteiger charge is -2.15. The van der Waals surface area contributed by atoms with Gasteiger partial charge in [0, 0.05) is 22.4 Å². The minimum atomic E-state index is -0.323. The highest BCUT2D eigenvalue weighted by molar-refractivity contribution is 7.78. The van der Waals surface area contributed by atoms with Gasteiger partial charge in [0.2, 0.25) is 0 Å². The summed E-state index contributed by atoms with van der Waals surface area (Å²) in [5.74, 6) is 0.398. The highest BCUT2D eigenvalue weighted by Gasteiger charge is 2.12. The van der Waals surface area contributed by atoms with Crippen molar-refractivity contribution in [1.29, 1.82) is 0 Å². The van der Waals surface area contributed by atoms with Crippen LogP contribution in [0.3, 0.4) is 0 Å². The first-order valence-electron chi connectivity index (χ1n) is 8.70. The molecule has 0 radical (unpaired) electrons. The molecule has 2 amide bonds. The summed E-state index contributed by atoms with van der Waals surface area (Å²) in [6.45, 7) is 2.68. The van der Waals surface area contributed by atoms with Gasteiger partial charge >= 0.3 is 6.03 Å². The maximum Gasteiger partial charge on any atom is 0.332 e. The number of aromatic nitrogens is 3. The van der Waals surface area contributed by atoms with Gasteiger partial charge in [-0.15, -0.1) is 11.3 Å². The van der Waals surface area contributed by atoms with Crippen LogP contribution in [0.5, 0.6) is 0 Å². The van der Waals surface area contributed by atoms with Gasteiger partial charge in [0.15, 0.2) is 5.65 Å².